The number of carbonyl (C=O) groups is 1. The molecule has 26 heavy (non-hydrogen) atoms. The molecule has 1 amide bonds. The zero-order valence-corrected chi connectivity index (χ0v) is 14.1. The Morgan fingerprint density at radius 2 is 1.77 bits per heavy atom. The highest BCUT2D eigenvalue weighted by Gasteiger charge is 2.14. The third kappa shape index (κ3) is 3.51. The average Bonchev–Trinajstić information content (AvgIpc) is 3.24. The number of amides is 1. The highest BCUT2D eigenvalue weighted by Crippen LogP contribution is 2.17. The van der Waals surface area contributed by atoms with Crippen LogP contribution in [0.15, 0.2) is 42.7 Å². The Hall–Kier alpha value is -3.36. The summed E-state index contributed by atoms with van der Waals surface area (Å²) in [5.41, 5.74) is 1.75. The zero-order valence-electron chi connectivity index (χ0n) is 14.1. The van der Waals surface area contributed by atoms with E-state index >= 15 is 0 Å². The van der Waals surface area contributed by atoms with Crippen molar-refractivity contribution in [3.63, 3.8) is 0 Å². The number of carbonyl (C=O) groups excluding carboxylic acids is 1. The predicted molar refractivity (Wildman–Crippen MR) is 95.2 cm³/mol. The van der Waals surface area contributed by atoms with Crippen LogP contribution in [0, 0.1) is 0 Å². The normalized spacial score (nSPS) is 14.2. The fourth-order valence-corrected chi connectivity index (χ4v) is 2.91. The van der Waals surface area contributed by atoms with Crippen LogP contribution in [0.4, 0.5) is 11.5 Å². The van der Waals surface area contributed by atoms with E-state index in [0.717, 1.165) is 24.6 Å². The van der Waals surface area contributed by atoms with Gasteiger partial charge < -0.3 is 10.2 Å². The van der Waals surface area contributed by atoms with Crippen molar-refractivity contribution in [1.82, 2.24) is 30.4 Å². The monoisotopic (exact) mass is 350 g/mol. The Balaban J connectivity index is 1.41. The third-order valence-corrected chi connectivity index (χ3v) is 4.30. The van der Waals surface area contributed by atoms with Gasteiger partial charge in [-0.25, -0.2) is 4.68 Å². The second kappa shape index (κ2) is 7.26. The molecule has 0 spiro atoms. The van der Waals surface area contributed by atoms with E-state index in [1.54, 1.807) is 18.2 Å². The van der Waals surface area contributed by atoms with Gasteiger partial charge in [0.05, 0.1) is 5.69 Å². The standard InChI is InChI=1S/C17H18N8O/c26-17(15-8-9-16(21-20-15)24-10-2-1-3-11-24)19-13-4-6-14(7-5-13)25-12-18-22-23-25/h4-9,12H,1-3,10-11H2,(H,19,26). The van der Waals surface area contributed by atoms with Crippen LogP contribution in [-0.4, -0.2) is 49.4 Å². The van der Waals surface area contributed by atoms with Crippen LogP contribution in [0.5, 0.6) is 0 Å². The van der Waals surface area contributed by atoms with Gasteiger partial charge in [0.25, 0.3) is 5.91 Å². The van der Waals surface area contributed by atoms with Crippen molar-refractivity contribution in [2.45, 2.75) is 19.3 Å². The molecule has 0 unspecified atom stereocenters. The van der Waals surface area contributed by atoms with Crippen LogP contribution in [-0.2, 0) is 0 Å². The Labute approximate surface area is 150 Å². The number of tetrazole rings is 1. The first-order valence-corrected chi connectivity index (χ1v) is 8.53. The van der Waals surface area contributed by atoms with Gasteiger partial charge in [0.15, 0.2) is 11.5 Å². The molecule has 0 atom stereocenters. The van der Waals surface area contributed by atoms with Crippen molar-refractivity contribution >= 4 is 17.4 Å². The molecule has 1 saturated heterocycles. The Morgan fingerprint density at radius 3 is 2.42 bits per heavy atom. The minimum Gasteiger partial charge on any atom is -0.355 e. The molecular weight excluding hydrogens is 332 g/mol. The Kier molecular flexibility index (Phi) is 4.50. The lowest BCUT2D eigenvalue weighted by atomic mass is 10.1. The van der Waals surface area contributed by atoms with E-state index in [4.69, 9.17) is 0 Å². The number of hydrogen-bond acceptors (Lipinski definition) is 7. The summed E-state index contributed by atoms with van der Waals surface area (Å²) in [7, 11) is 0. The molecule has 2 aromatic heterocycles. The molecule has 1 aliphatic heterocycles. The summed E-state index contributed by atoms with van der Waals surface area (Å²) in [6.07, 6.45) is 5.11. The van der Waals surface area contributed by atoms with Crippen molar-refractivity contribution < 1.29 is 4.79 Å². The molecule has 1 N–H and O–H groups in total. The Bertz CT molecular complexity index is 855. The molecule has 9 heteroatoms. The van der Waals surface area contributed by atoms with E-state index in [9.17, 15) is 4.79 Å². The lowest BCUT2D eigenvalue weighted by molar-refractivity contribution is 0.102. The predicted octanol–water partition coefficient (Wildman–Crippen LogP) is 1.69. The van der Waals surface area contributed by atoms with Crippen molar-refractivity contribution in [2.75, 3.05) is 23.3 Å². The molecule has 1 fully saturated rings. The van der Waals surface area contributed by atoms with Crippen molar-refractivity contribution in [2.24, 2.45) is 0 Å². The van der Waals surface area contributed by atoms with Crippen LogP contribution in [0.1, 0.15) is 29.8 Å². The van der Waals surface area contributed by atoms with Gasteiger partial charge in [-0.3, -0.25) is 4.79 Å². The van der Waals surface area contributed by atoms with Crippen LogP contribution >= 0.6 is 0 Å². The summed E-state index contributed by atoms with van der Waals surface area (Å²) in [4.78, 5) is 14.6. The number of nitrogens with one attached hydrogen (secondary N) is 1. The van der Waals surface area contributed by atoms with Crippen molar-refractivity contribution in [3.8, 4) is 5.69 Å². The summed E-state index contributed by atoms with van der Waals surface area (Å²) in [5, 5.41) is 22.1. The van der Waals surface area contributed by atoms with E-state index in [1.807, 2.05) is 18.2 Å². The highest BCUT2D eigenvalue weighted by molar-refractivity contribution is 6.02. The Morgan fingerprint density at radius 1 is 0.962 bits per heavy atom. The van der Waals surface area contributed by atoms with Crippen LogP contribution in [0.3, 0.4) is 0 Å². The minimum atomic E-state index is -0.294. The summed E-state index contributed by atoms with van der Waals surface area (Å²) in [5.74, 6) is 0.532. The average molecular weight is 350 g/mol. The second-order valence-corrected chi connectivity index (χ2v) is 6.08. The fraction of sp³-hybridized carbons (Fsp3) is 0.294. The van der Waals surface area contributed by atoms with Gasteiger partial charge in [0.1, 0.15) is 6.33 Å². The number of nitrogens with zero attached hydrogens (tertiary/aromatic N) is 7. The molecule has 3 aromatic rings. The highest BCUT2D eigenvalue weighted by atomic mass is 16.1. The molecule has 1 aromatic carbocycles. The first-order valence-electron chi connectivity index (χ1n) is 8.53. The SMILES string of the molecule is O=C(Nc1ccc(-n2cnnn2)cc1)c1ccc(N2CCCCC2)nn1. The number of anilines is 2. The fourth-order valence-electron chi connectivity index (χ4n) is 2.91. The third-order valence-electron chi connectivity index (χ3n) is 4.30. The van der Waals surface area contributed by atoms with Gasteiger partial charge in [0, 0.05) is 18.8 Å². The molecule has 1 aliphatic rings. The molecule has 4 rings (SSSR count). The summed E-state index contributed by atoms with van der Waals surface area (Å²) in [6, 6.07) is 10.8. The minimum absolute atomic E-state index is 0.287. The smallest absolute Gasteiger partial charge is 0.276 e. The van der Waals surface area contributed by atoms with Gasteiger partial charge >= 0.3 is 0 Å². The van der Waals surface area contributed by atoms with Gasteiger partial charge in [0.2, 0.25) is 0 Å². The van der Waals surface area contributed by atoms with E-state index in [1.165, 1.54) is 30.3 Å². The van der Waals surface area contributed by atoms with E-state index in [2.05, 4.69) is 35.9 Å². The maximum atomic E-state index is 12.4. The first-order chi connectivity index (χ1) is 12.8. The zero-order chi connectivity index (χ0) is 17.8. The van der Waals surface area contributed by atoms with E-state index < -0.39 is 0 Å². The second-order valence-electron chi connectivity index (χ2n) is 6.08. The van der Waals surface area contributed by atoms with Gasteiger partial charge in [-0.15, -0.1) is 15.3 Å². The number of rotatable bonds is 4. The molecule has 3 heterocycles. The van der Waals surface area contributed by atoms with E-state index in [-0.39, 0.29) is 11.6 Å². The number of hydrogen-bond donors (Lipinski definition) is 1. The molecule has 0 radical (unpaired) electrons. The summed E-state index contributed by atoms with van der Waals surface area (Å²) < 4.78 is 1.54. The first kappa shape index (κ1) is 16.1. The number of piperidine rings is 1. The number of aromatic nitrogens is 6. The summed E-state index contributed by atoms with van der Waals surface area (Å²) in [6.45, 7) is 1.99. The van der Waals surface area contributed by atoms with Gasteiger partial charge in [-0.1, -0.05) is 0 Å². The molecule has 9 nitrogen and oxygen atoms in total. The number of benzene rings is 1. The van der Waals surface area contributed by atoms with Crippen LogP contribution in [0.25, 0.3) is 5.69 Å². The molecule has 0 saturated carbocycles. The van der Waals surface area contributed by atoms with Crippen LogP contribution < -0.4 is 10.2 Å². The van der Waals surface area contributed by atoms with Gasteiger partial charge in [-0.2, -0.15) is 0 Å². The summed E-state index contributed by atoms with van der Waals surface area (Å²) >= 11 is 0. The molecule has 0 bridgehead atoms. The molecule has 132 valence electrons. The quantitative estimate of drug-likeness (QED) is 0.764. The maximum Gasteiger partial charge on any atom is 0.276 e. The lowest BCUT2D eigenvalue weighted by Gasteiger charge is -2.27. The lowest BCUT2D eigenvalue weighted by Crippen LogP contribution is -2.30. The van der Waals surface area contributed by atoms with Crippen molar-refractivity contribution in [1.29, 1.82) is 0 Å². The molecular formula is C17H18N8O. The van der Waals surface area contributed by atoms with Crippen molar-refractivity contribution in [3.05, 3.63) is 48.4 Å². The van der Waals surface area contributed by atoms with Crippen LogP contribution in [0.2, 0.25) is 0 Å². The van der Waals surface area contributed by atoms with E-state index in [0.29, 0.717) is 5.69 Å². The van der Waals surface area contributed by atoms with Gasteiger partial charge in [-0.05, 0) is 66.1 Å². The topological polar surface area (TPSA) is 102 Å². The largest absolute Gasteiger partial charge is 0.355 e. The maximum absolute atomic E-state index is 12.4. The molecule has 0 aliphatic carbocycles.